The zero-order valence-corrected chi connectivity index (χ0v) is 16.9. The highest BCUT2D eigenvalue weighted by Gasteiger charge is 2.16. The maximum absolute atomic E-state index is 12.0. The molecule has 0 saturated carbocycles. The Morgan fingerprint density at radius 3 is 2.42 bits per heavy atom. The monoisotopic (exact) mass is 418 g/mol. The zero-order valence-electron chi connectivity index (χ0n) is 15.4. The van der Waals surface area contributed by atoms with Gasteiger partial charge >= 0.3 is 0 Å². The van der Waals surface area contributed by atoms with Gasteiger partial charge < -0.3 is 4.74 Å². The quantitative estimate of drug-likeness (QED) is 0.739. The van der Waals surface area contributed by atoms with Crippen molar-refractivity contribution in [1.29, 1.82) is 0 Å². The minimum Gasteiger partial charge on any atom is -0.483 e. The molecule has 6 heteroatoms. The highest BCUT2D eigenvalue weighted by Crippen LogP contribution is 2.31. The molecule has 0 fully saturated rings. The first kappa shape index (κ1) is 20.0. The first-order valence-electron chi connectivity index (χ1n) is 8.25. The van der Waals surface area contributed by atoms with Gasteiger partial charge in [-0.3, -0.25) is 20.4 Å². The van der Waals surface area contributed by atoms with E-state index in [1.54, 1.807) is 18.2 Å². The van der Waals surface area contributed by atoms with Gasteiger partial charge in [0.15, 0.2) is 6.61 Å². The lowest BCUT2D eigenvalue weighted by Crippen LogP contribution is -2.43. The standard InChI is InChI=1S/C20H23BrN2O3/c1-13-6-5-7-14(10-13)19(25)23-22-18(24)12-26-17-9-8-15(11-16(17)21)20(2,3)4/h5-11H,12H2,1-4H3,(H,22,24)(H,23,25). The van der Waals surface area contributed by atoms with Crippen molar-refractivity contribution >= 4 is 27.7 Å². The van der Waals surface area contributed by atoms with E-state index in [2.05, 4.69) is 47.6 Å². The normalized spacial score (nSPS) is 11.0. The Morgan fingerprint density at radius 2 is 1.81 bits per heavy atom. The number of carbonyl (C=O) groups excluding carboxylic acids is 2. The molecule has 2 amide bonds. The van der Waals surface area contributed by atoms with Crippen molar-refractivity contribution in [3.05, 3.63) is 63.6 Å². The summed E-state index contributed by atoms with van der Waals surface area (Å²) in [7, 11) is 0. The van der Waals surface area contributed by atoms with Crippen molar-refractivity contribution in [3.63, 3.8) is 0 Å². The number of hydrogen-bond acceptors (Lipinski definition) is 3. The van der Waals surface area contributed by atoms with Crippen LogP contribution in [0.1, 0.15) is 42.3 Å². The summed E-state index contributed by atoms with van der Waals surface area (Å²) in [5, 5.41) is 0. The maximum Gasteiger partial charge on any atom is 0.276 e. The van der Waals surface area contributed by atoms with Crippen LogP contribution in [0.15, 0.2) is 46.9 Å². The summed E-state index contributed by atoms with van der Waals surface area (Å²) in [6.45, 7) is 8.06. The number of ether oxygens (including phenoxy) is 1. The second-order valence-corrected chi connectivity index (χ2v) is 7.91. The van der Waals surface area contributed by atoms with E-state index in [9.17, 15) is 9.59 Å². The van der Waals surface area contributed by atoms with Crippen LogP contribution in [0.25, 0.3) is 0 Å². The summed E-state index contributed by atoms with van der Waals surface area (Å²) in [6.07, 6.45) is 0. The number of aryl methyl sites for hydroxylation is 1. The average Bonchev–Trinajstić information content (AvgIpc) is 2.57. The third-order valence-electron chi connectivity index (χ3n) is 3.75. The Bertz CT molecular complexity index is 813. The lowest BCUT2D eigenvalue weighted by atomic mass is 9.87. The fourth-order valence-electron chi connectivity index (χ4n) is 2.25. The van der Waals surface area contributed by atoms with Gasteiger partial charge in [0, 0.05) is 5.56 Å². The number of halogens is 1. The third kappa shape index (κ3) is 5.59. The SMILES string of the molecule is Cc1cccc(C(=O)NNC(=O)COc2ccc(C(C)(C)C)cc2Br)c1. The van der Waals surface area contributed by atoms with Crippen molar-refractivity contribution in [2.45, 2.75) is 33.1 Å². The van der Waals surface area contributed by atoms with Crippen molar-refractivity contribution in [3.8, 4) is 5.75 Å². The van der Waals surface area contributed by atoms with Crippen LogP contribution in [0.2, 0.25) is 0 Å². The molecule has 0 aliphatic carbocycles. The highest BCUT2D eigenvalue weighted by molar-refractivity contribution is 9.10. The molecule has 0 aliphatic heterocycles. The van der Waals surface area contributed by atoms with Gasteiger partial charge in [-0.1, -0.05) is 44.5 Å². The number of hydrazine groups is 1. The predicted octanol–water partition coefficient (Wildman–Crippen LogP) is 3.90. The number of carbonyl (C=O) groups is 2. The van der Waals surface area contributed by atoms with Crippen molar-refractivity contribution in [1.82, 2.24) is 10.9 Å². The first-order chi connectivity index (χ1) is 12.2. The summed E-state index contributed by atoms with van der Waals surface area (Å²) >= 11 is 3.46. The van der Waals surface area contributed by atoms with Gasteiger partial charge in [-0.25, -0.2) is 0 Å². The van der Waals surface area contributed by atoms with Crippen molar-refractivity contribution in [2.75, 3.05) is 6.61 Å². The summed E-state index contributed by atoms with van der Waals surface area (Å²) in [4.78, 5) is 23.9. The number of amides is 2. The molecule has 138 valence electrons. The van der Waals surface area contributed by atoms with E-state index < -0.39 is 5.91 Å². The molecule has 0 heterocycles. The van der Waals surface area contributed by atoms with E-state index >= 15 is 0 Å². The Kier molecular flexibility index (Phi) is 6.42. The van der Waals surface area contributed by atoms with E-state index in [1.165, 1.54) is 0 Å². The molecule has 2 N–H and O–H groups in total. The molecule has 0 spiro atoms. The molecule has 0 atom stereocenters. The van der Waals surface area contributed by atoms with Crippen molar-refractivity contribution < 1.29 is 14.3 Å². The lowest BCUT2D eigenvalue weighted by molar-refractivity contribution is -0.123. The van der Waals surface area contributed by atoms with E-state index in [0.717, 1.165) is 15.6 Å². The van der Waals surface area contributed by atoms with Crippen LogP contribution in [0.5, 0.6) is 5.75 Å². The number of rotatable bonds is 4. The molecule has 0 saturated heterocycles. The van der Waals surface area contributed by atoms with Crippen LogP contribution < -0.4 is 15.6 Å². The lowest BCUT2D eigenvalue weighted by Gasteiger charge is -2.20. The van der Waals surface area contributed by atoms with Crippen LogP contribution in [-0.4, -0.2) is 18.4 Å². The number of nitrogens with one attached hydrogen (secondary N) is 2. The summed E-state index contributed by atoms with van der Waals surface area (Å²) in [6, 6.07) is 12.9. The molecule has 0 unspecified atom stereocenters. The zero-order chi connectivity index (χ0) is 19.3. The van der Waals surface area contributed by atoms with E-state index in [1.807, 2.05) is 31.2 Å². The molecule has 0 bridgehead atoms. The third-order valence-corrected chi connectivity index (χ3v) is 4.37. The summed E-state index contributed by atoms with van der Waals surface area (Å²) in [5.74, 6) is -0.256. The minimum absolute atomic E-state index is 0.0263. The Hall–Kier alpha value is -2.34. The van der Waals surface area contributed by atoms with Crippen LogP contribution in [0.4, 0.5) is 0 Å². The van der Waals surface area contributed by atoms with E-state index in [0.29, 0.717) is 11.3 Å². The van der Waals surface area contributed by atoms with E-state index in [-0.39, 0.29) is 17.9 Å². The number of benzene rings is 2. The van der Waals surface area contributed by atoms with Gasteiger partial charge in [0.2, 0.25) is 0 Å². The largest absolute Gasteiger partial charge is 0.483 e. The molecular formula is C20H23BrN2O3. The average molecular weight is 419 g/mol. The molecule has 0 aromatic heterocycles. The summed E-state index contributed by atoms with van der Waals surface area (Å²) < 4.78 is 6.29. The summed E-state index contributed by atoms with van der Waals surface area (Å²) in [5.41, 5.74) is 7.35. The second kappa shape index (κ2) is 8.36. The van der Waals surface area contributed by atoms with Gasteiger partial charge in [-0.05, 0) is 58.1 Å². The molecule has 2 aromatic rings. The smallest absolute Gasteiger partial charge is 0.276 e. The van der Waals surface area contributed by atoms with Gasteiger partial charge in [0.25, 0.3) is 11.8 Å². The molecule has 26 heavy (non-hydrogen) atoms. The van der Waals surface area contributed by atoms with Crippen LogP contribution >= 0.6 is 15.9 Å². The fourth-order valence-corrected chi connectivity index (χ4v) is 2.74. The van der Waals surface area contributed by atoms with Crippen molar-refractivity contribution in [2.24, 2.45) is 0 Å². The first-order valence-corrected chi connectivity index (χ1v) is 9.05. The molecule has 2 rings (SSSR count). The molecule has 5 nitrogen and oxygen atoms in total. The Balaban J connectivity index is 1.86. The predicted molar refractivity (Wildman–Crippen MR) is 105 cm³/mol. The second-order valence-electron chi connectivity index (χ2n) is 7.06. The molecule has 0 radical (unpaired) electrons. The highest BCUT2D eigenvalue weighted by atomic mass is 79.9. The molecular weight excluding hydrogens is 396 g/mol. The maximum atomic E-state index is 12.0. The van der Waals surface area contributed by atoms with Crippen LogP contribution in [-0.2, 0) is 10.2 Å². The van der Waals surface area contributed by atoms with Gasteiger partial charge in [0.1, 0.15) is 5.75 Å². The Morgan fingerprint density at radius 1 is 1.08 bits per heavy atom. The molecule has 2 aromatic carbocycles. The Labute approximate surface area is 162 Å². The topological polar surface area (TPSA) is 67.4 Å². The number of hydrogen-bond donors (Lipinski definition) is 2. The minimum atomic E-state index is -0.446. The van der Waals surface area contributed by atoms with Gasteiger partial charge in [0.05, 0.1) is 4.47 Å². The molecule has 0 aliphatic rings. The van der Waals surface area contributed by atoms with Crippen LogP contribution in [0, 0.1) is 6.92 Å². The van der Waals surface area contributed by atoms with Gasteiger partial charge in [-0.2, -0.15) is 0 Å². The fraction of sp³-hybridized carbons (Fsp3) is 0.300. The van der Waals surface area contributed by atoms with Crippen LogP contribution in [0.3, 0.4) is 0 Å². The van der Waals surface area contributed by atoms with E-state index in [4.69, 9.17) is 4.74 Å². The van der Waals surface area contributed by atoms with Gasteiger partial charge in [-0.15, -0.1) is 0 Å².